The molecule has 0 spiro atoms. The lowest BCUT2D eigenvalue weighted by molar-refractivity contribution is -0.112. The molecule has 2 rings (SSSR count). The summed E-state index contributed by atoms with van der Waals surface area (Å²) in [6, 6.07) is 14.4. The lowest BCUT2D eigenvalue weighted by Crippen LogP contribution is -2.14. The molecule has 110 valence electrons. The van der Waals surface area contributed by atoms with Gasteiger partial charge in [-0.2, -0.15) is 5.26 Å². The van der Waals surface area contributed by atoms with E-state index in [9.17, 15) is 9.18 Å². The highest BCUT2D eigenvalue weighted by molar-refractivity contribution is 6.09. The molecule has 1 N–H and O–H groups in total. The minimum absolute atomic E-state index is 0.0309. The van der Waals surface area contributed by atoms with E-state index in [1.165, 1.54) is 24.3 Å². The van der Waals surface area contributed by atoms with Crippen molar-refractivity contribution in [3.8, 4) is 11.8 Å². The van der Waals surface area contributed by atoms with Gasteiger partial charge in [0, 0.05) is 0 Å². The number of anilines is 1. The Labute approximate surface area is 127 Å². The Bertz CT molecular complexity index is 746. The smallest absolute Gasteiger partial charge is 0.266 e. The molecule has 0 aromatic heterocycles. The molecule has 4 nitrogen and oxygen atoms in total. The fourth-order valence-corrected chi connectivity index (χ4v) is 1.77. The highest BCUT2D eigenvalue weighted by Crippen LogP contribution is 2.16. The van der Waals surface area contributed by atoms with Crippen LogP contribution in [0.25, 0.3) is 6.08 Å². The summed E-state index contributed by atoms with van der Waals surface area (Å²) in [5.74, 6) is -0.549. The molecule has 0 aliphatic rings. The van der Waals surface area contributed by atoms with Crippen molar-refractivity contribution in [1.29, 1.82) is 5.26 Å². The van der Waals surface area contributed by atoms with Gasteiger partial charge in [0.05, 0.1) is 12.8 Å². The normalized spacial score (nSPS) is 10.7. The van der Waals surface area contributed by atoms with Crippen LogP contribution in [0.15, 0.2) is 54.1 Å². The molecule has 0 saturated carbocycles. The number of nitriles is 1. The van der Waals surface area contributed by atoms with E-state index in [0.29, 0.717) is 11.3 Å². The predicted molar refractivity (Wildman–Crippen MR) is 81.6 cm³/mol. The van der Waals surface area contributed by atoms with E-state index in [1.807, 2.05) is 6.07 Å². The third-order valence-electron chi connectivity index (χ3n) is 2.91. The van der Waals surface area contributed by atoms with Crippen molar-refractivity contribution in [3.05, 3.63) is 65.5 Å². The Morgan fingerprint density at radius 3 is 2.50 bits per heavy atom. The van der Waals surface area contributed by atoms with Crippen molar-refractivity contribution in [1.82, 2.24) is 0 Å². The molecule has 22 heavy (non-hydrogen) atoms. The molecule has 0 aliphatic heterocycles. The maximum atomic E-state index is 13.5. The summed E-state index contributed by atoms with van der Waals surface area (Å²) in [5, 5.41) is 11.5. The van der Waals surface area contributed by atoms with Crippen LogP contribution in [0.4, 0.5) is 10.1 Å². The monoisotopic (exact) mass is 296 g/mol. The van der Waals surface area contributed by atoms with Gasteiger partial charge in [0.2, 0.25) is 0 Å². The van der Waals surface area contributed by atoms with Crippen molar-refractivity contribution >= 4 is 17.7 Å². The van der Waals surface area contributed by atoms with E-state index in [1.54, 1.807) is 37.4 Å². The van der Waals surface area contributed by atoms with Crippen molar-refractivity contribution in [3.63, 3.8) is 0 Å². The maximum absolute atomic E-state index is 13.5. The number of nitrogens with zero attached hydrogens (tertiary/aromatic N) is 1. The van der Waals surface area contributed by atoms with Crippen molar-refractivity contribution in [2.24, 2.45) is 0 Å². The van der Waals surface area contributed by atoms with Crippen LogP contribution in [0.2, 0.25) is 0 Å². The van der Waals surface area contributed by atoms with E-state index >= 15 is 0 Å². The number of nitrogens with one attached hydrogen (secondary N) is 1. The van der Waals surface area contributed by atoms with E-state index in [-0.39, 0.29) is 11.3 Å². The third-order valence-corrected chi connectivity index (χ3v) is 2.91. The van der Waals surface area contributed by atoms with Crippen LogP contribution < -0.4 is 10.1 Å². The van der Waals surface area contributed by atoms with Crippen LogP contribution in [0.5, 0.6) is 5.75 Å². The molecule has 0 bridgehead atoms. The zero-order chi connectivity index (χ0) is 15.9. The Kier molecular flexibility index (Phi) is 4.89. The highest BCUT2D eigenvalue weighted by atomic mass is 19.1. The minimum atomic E-state index is -0.664. The highest BCUT2D eigenvalue weighted by Gasteiger charge is 2.11. The molecule has 0 heterocycles. The Morgan fingerprint density at radius 1 is 1.23 bits per heavy atom. The largest absolute Gasteiger partial charge is 0.497 e. The summed E-state index contributed by atoms with van der Waals surface area (Å²) in [7, 11) is 1.55. The molecule has 5 heteroatoms. The first-order chi connectivity index (χ1) is 10.6. The second-order valence-electron chi connectivity index (χ2n) is 4.38. The quantitative estimate of drug-likeness (QED) is 0.695. The summed E-state index contributed by atoms with van der Waals surface area (Å²) in [4.78, 5) is 12.0. The maximum Gasteiger partial charge on any atom is 0.266 e. The van der Waals surface area contributed by atoms with Gasteiger partial charge in [-0.1, -0.05) is 24.3 Å². The van der Waals surface area contributed by atoms with E-state index in [4.69, 9.17) is 10.00 Å². The van der Waals surface area contributed by atoms with Crippen molar-refractivity contribution < 1.29 is 13.9 Å². The fourth-order valence-electron chi connectivity index (χ4n) is 1.77. The van der Waals surface area contributed by atoms with Gasteiger partial charge in [-0.3, -0.25) is 4.79 Å². The predicted octanol–water partition coefficient (Wildman–Crippen LogP) is 3.38. The number of rotatable bonds is 4. The Morgan fingerprint density at radius 2 is 1.91 bits per heavy atom. The van der Waals surface area contributed by atoms with Gasteiger partial charge in [-0.05, 0) is 35.9 Å². The van der Waals surface area contributed by atoms with Crippen LogP contribution in [-0.2, 0) is 4.79 Å². The van der Waals surface area contributed by atoms with Crippen molar-refractivity contribution in [2.75, 3.05) is 12.4 Å². The average molecular weight is 296 g/mol. The molecule has 2 aromatic carbocycles. The number of carbonyl (C=O) groups excluding carboxylic acids is 1. The van der Waals surface area contributed by atoms with Gasteiger partial charge in [-0.25, -0.2) is 4.39 Å². The zero-order valence-electron chi connectivity index (χ0n) is 11.8. The summed E-state index contributed by atoms with van der Waals surface area (Å²) in [5.41, 5.74) is 0.581. The van der Waals surface area contributed by atoms with Crippen LogP contribution >= 0.6 is 0 Å². The van der Waals surface area contributed by atoms with Gasteiger partial charge in [-0.15, -0.1) is 0 Å². The summed E-state index contributed by atoms with van der Waals surface area (Å²) in [6.45, 7) is 0. The van der Waals surface area contributed by atoms with Crippen LogP contribution in [0.3, 0.4) is 0 Å². The molecule has 0 atom stereocenters. The number of halogens is 1. The number of para-hydroxylation sites is 1. The Balaban J connectivity index is 2.20. The second kappa shape index (κ2) is 7.04. The molecule has 2 aromatic rings. The van der Waals surface area contributed by atoms with Gasteiger partial charge in [0.25, 0.3) is 5.91 Å². The standard InChI is InChI=1S/C17H13FN2O2/c1-22-14-8-6-12(7-9-14)10-13(11-19)17(21)20-16-5-3-2-4-15(16)18/h2-10H,1H3,(H,20,21)/b13-10-. The summed E-state index contributed by atoms with van der Waals surface area (Å²) < 4.78 is 18.5. The van der Waals surface area contributed by atoms with Crippen LogP contribution in [0, 0.1) is 17.1 Å². The minimum Gasteiger partial charge on any atom is -0.497 e. The molecule has 0 saturated heterocycles. The molecule has 0 aliphatic carbocycles. The first kappa shape index (κ1) is 15.3. The van der Waals surface area contributed by atoms with Crippen LogP contribution in [0.1, 0.15) is 5.56 Å². The summed E-state index contributed by atoms with van der Waals surface area (Å²) >= 11 is 0. The van der Waals surface area contributed by atoms with E-state index in [0.717, 1.165) is 0 Å². The topological polar surface area (TPSA) is 62.1 Å². The number of methoxy groups -OCH3 is 1. The lowest BCUT2D eigenvalue weighted by Gasteiger charge is -2.05. The lowest BCUT2D eigenvalue weighted by atomic mass is 10.1. The first-order valence-corrected chi connectivity index (χ1v) is 6.46. The average Bonchev–Trinajstić information content (AvgIpc) is 2.55. The SMILES string of the molecule is COc1ccc(/C=C(/C#N)C(=O)Nc2ccccc2F)cc1. The molecule has 0 fully saturated rings. The second-order valence-corrected chi connectivity index (χ2v) is 4.38. The fraction of sp³-hybridized carbons (Fsp3) is 0.0588. The van der Waals surface area contributed by atoms with Crippen molar-refractivity contribution in [2.45, 2.75) is 0 Å². The number of hydrogen-bond donors (Lipinski definition) is 1. The van der Waals surface area contributed by atoms with Gasteiger partial charge in [0.1, 0.15) is 23.2 Å². The van der Waals surface area contributed by atoms with Gasteiger partial charge < -0.3 is 10.1 Å². The Hall–Kier alpha value is -3.13. The molecular formula is C17H13FN2O2. The van der Waals surface area contributed by atoms with E-state index in [2.05, 4.69) is 5.32 Å². The van der Waals surface area contributed by atoms with E-state index < -0.39 is 11.7 Å². The molecular weight excluding hydrogens is 283 g/mol. The molecule has 1 amide bonds. The number of ether oxygens (including phenoxy) is 1. The third kappa shape index (κ3) is 3.70. The number of hydrogen-bond acceptors (Lipinski definition) is 3. The molecule has 0 unspecified atom stereocenters. The number of carbonyl (C=O) groups is 1. The number of amides is 1. The first-order valence-electron chi connectivity index (χ1n) is 6.46. The van der Waals surface area contributed by atoms with Crippen LogP contribution in [-0.4, -0.2) is 13.0 Å². The van der Waals surface area contributed by atoms with Gasteiger partial charge >= 0.3 is 0 Å². The summed E-state index contributed by atoms with van der Waals surface area (Å²) in [6.07, 6.45) is 1.43. The molecule has 0 radical (unpaired) electrons. The zero-order valence-corrected chi connectivity index (χ0v) is 11.8. The number of benzene rings is 2. The van der Waals surface area contributed by atoms with Gasteiger partial charge in [0.15, 0.2) is 0 Å².